The van der Waals surface area contributed by atoms with Gasteiger partial charge in [0, 0.05) is 10.1 Å². The maximum Gasteiger partial charge on any atom is 0.255 e. The van der Waals surface area contributed by atoms with Crippen LogP contribution < -0.4 is 5.73 Å². The summed E-state index contributed by atoms with van der Waals surface area (Å²) in [5, 5.41) is 0. The van der Waals surface area contributed by atoms with Crippen LogP contribution in [0.15, 0.2) is 18.2 Å². The molecule has 2 amide bonds. The fourth-order valence-electron chi connectivity index (χ4n) is 1.62. The monoisotopic (exact) mass is 378 g/mol. The second-order valence-electron chi connectivity index (χ2n) is 4.17. The number of hydrogen-bond donors (Lipinski definition) is 1. The Morgan fingerprint density at radius 2 is 2.11 bits per heavy atom. The number of amides is 2. The molecule has 0 aliphatic carbocycles. The average Bonchev–Trinajstić information content (AvgIpc) is 2.33. The number of nitrogens with zero attached hydrogens (tertiary/aromatic N) is 1. The van der Waals surface area contributed by atoms with Gasteiger partial charge in [-0.2, -0.15) is 0 Å². The largest absolute Gasteiger partial charge is 0.368 e. The summed E-state index contributed by atoms with van der Waals surface area (Å²) in [6.45, 7) is 2.34. The molecule has 1 aromatic rings. The van der Waals surface area contributed by atoms with Crippen molar-refractivity contribution >= 4 is 34.4 Å². The summed E-state index contributed by atoms with van der Waals surface area (Å²) in [6.07, 6.45) is 1.69. The Bertz CT molecular complexity index is 480. The minimum absolute atomic E-state index is 0.119. The van der Waals surface area contributed by atoms with Crippen molar-refractivity contribution < 1.29 is 14.0 Å². The molecule has 2 N–H and O–H groups in total. The summed E-state index contributed by atoms with van der Waals surface area (Å²) >= 11 is 1.90. The van der Waals surface area contributed by atoms with Crippen LogP contribution in [0.5, 0.6) is 0 Å². The van der Waals surface area contributed by atoms with Gasteiger partial charge in [-0.25, -0.2) is 4.39 Å². The molecule has 0 radical (unpaired) electrons. The summed E-state index contributed by atoms with van der Waals surface area (Å²) in [5.41, 5.74) is 5.54. The van der Waals surface area contributed by atoms with Crippen molar-refractivity contribution in [3.8, 4) is 0 Å². The first-order valence-corrected chi connectivity index (χ1v) is 7.06. The molecule has 0 bridgehead atoms. The van der Waals surface area contributed by atoms with Crippen LogP contribution in [0, 0.1) is 9.39 Å². The van der Waals surface area contributed by atoms with Crippen LogP contribution in [-0.4, -0.2) is 29.8 Å². The molecule has 104 valence electrons. The number of nitrogens with two attached hydrogens (primary N) is 1. The Morgan fingerprint density at radius 3 is 2.63 bits per heavy atom. The highest BCUT2D eigenvalue weighted by Gasteiger charge is 2.19. The minimum atomic E-state index is -0.554. The predicted octanol–water partition coefficient (Wildman–Crippen LogP) is 2.16. The molecular weight excluding hydrogens is 362 g/mol. The first-order valence-electron chi connectivity index (χ1n) is 5.98. The number of carbonyl (C=O) groups is 2. The summed E-state index contributed by atoms with van der Waals surface area (Å²) in [4.78, 5) is 24.7. The van der Waals surface area contributed by atoms with Crippen molar-refractivity contribution in [3.05, 3.63) is 33.1 Å². The lowest BCUT2D eigenvalue weighted by atomic mass is 10.2. The number of rotatable bonds is 6. The molecule has 4 nitrogen and oxygen atoms in total. The van der Waals surface area contributed by atoms with Gasteiger partial charge < -0.3 is 10.6 Å². The third-order valence-corrected chi connectivity index (χ3v) is 3.47. The molecule has 19 heavy (non-hydrogen) atoms. The normalized spacial score (nSPS) is 10.3. The lowest BCUT2D eigenvalue weighted by Crippen LogP contribution is -2.39. The van der Waals surface area contributed by atoms with E-state index >= 15 is 0 Å². The fourth-order valence-corrected chi connectivity index (χ4v) is 2.33. The zero-order valence-electron chi connectivity index (χ0n) is 10.7. The fraction of sp³-hybridized carbons (Fsp3) is 0.385. The summed E-state index contributed by atoms with van der Waals surface area (Å²) in [6, 6.07) is 3.95. The number of primary amides is 1. The van der Waals surface area contributed by atoms with Gasteiger partial charge in [-0.1, -0.05) is 13.3 Å². The Hall–Kier alpha value is -1.18. The van der Waals surface area contributed by atoms with Gasteiger partial charge in [-0.3, -0.25) is 9.59 Å². The molecule has 0 aliphatic heterocycles. The Kier molecular flexibility index (Phi) is 6.20. The van der Waals surface area contributed by atoms with Crippen molar-refractivity contribution in [3.63, 3.8) is 0 Å². The Labute approximate surface area is 125 Å². The van der Waals surface area contributed by atoms with Crippen LogP contribution in [0.3, 0.4) is 0 Å². The van der Waals surface area contributed by atoms with Gasteiger partial charge >= 0.3 is 0 Å². The third kappa shape index (κ3) is 4.77. The molecule has 6 heteroatoms. The first-order chi connectivity index (χ1) is 8.95. The molecule has 0 unspecified atom stereocenters. The Balaban J connectivity index is 2.93. The van der Waals surface area contributed by atoms with Gasteiger partial charge in [0.2, 0.25) is 5.91 Å². The highest BCUT2D eigenvalue weighted by molar-refractivity contribution is 14.1. The molecule has 0 heterocycles. The maximum absolute atomic E-state index is 13.0. The van der Waals surface area contributed by atoms with E-state index in [1.807, 2.05) is 29.5 Å². The van der Waals surface area contributed by atoms with Crippen LogP contribution in [0.2, 0.25) is 0 Å². The van der Waals surface area contributed by atoms with Crippen molar-refractivity contribution in [2.24, 2.45) is 5.73 Å². The molecule has 0 aromatic heterocycles. The molecule has 0 fully saturated rings. The van der Waals surface area contributed by atoms with Gasteiger partial charge in [-0.05, 0) is 47.2 Å². The van der Waals surface area contributed by atoms with Gasteiger partial charge in [-0.15, -0.1) is 0 Å². The molecule has 1 rings (SSSR count). The third-order valence-electron chi connectivity index (χ3n) is 2.58. The number of carbonyl (C=O) groups excluding carboxylic acids is 2. The molecule has 0 spiro atoms. The highest BCUT2D eigenvalue weighted by Crippen LogP contribution is 2.16. The van der Waals surface area contributed by atoms with Crippen molar-refractivity contribution in [2.75, 3.05) is 13.1 Å². The van der Waals surface area contributed by atoms with E-state index < -0.39 is 11.7 Å². The summed E-state index contributed by atoms with van der Waals surface area (Å²) < 4.78 is 13.5. The van der Waals surface area contributed by atoms with E-state index in [1.54, 1.807) is 0 Å². The van der Waals surface area contributed by atoms with Crippen molar-refractivity contribution in [1.82, 2.24) is 4.90 Å². The lowest BCUT2D eigenvalue weighted by Gasteiger charge is -2.21. The van der Waals surface area contributed by atoms with E-state index in [0.717, 1.165) is 12.8 Å². The van der Waals surface area contributed by atoms with Gasteiger partial charge in [0.15, 0.2) is 0 Å². The van der Waals surface area contributed by atoms with Gasteiger partial charge in [0.25, 0.3) is 5.91 Å². The molecule has 0 saturated carbocycles. The smallest absolute Gasteiger partial charge is 0.255 e. The molecule has 0 saturated heterocycles. The van der Waals surface area contributed by atoms with Crippen molar-refractivity contribution in [2.45, 2.75) is 19.8 Å². The summed E-state index contributed by atoms with van der Waals surface area (Å²) in [5.74, 6) is -1.24. The van der Waals surface area contributed by atoms with Crippen LogP contribution in [0.1, 0.15) is 30.1 Å². The zero-order chi connectivity index (χ0) is 14.4. The quantitative estimate of drug-likeness (QED) is 0.772. The van der Waals surface area contributed by atoms with E-state index in [9.17, 15) is 14.0 Å². The van der Waals surface area contributed by atoms with Crippen LogP contribution in [0.4, 0.5) is 4.39 Å². The zero-order valence-corrected chi connectivity index (χ0v) is 12.8. The van der Waals surface area contributed by atoms with Gasteiger partial charge in [0.1, 0.15) is 5.82 Å². The number of hydrogen-bond acceptors (Lipinski definition) is 2. The van der Waals surface area contributed by atoms with E-state index in [-0.39, 0.29) is 12.5 Å². The minimum Gasteiger partial charge on any atom is -0.368 e. The van der Waals surface area contributed by atoms with Crippen LogP contribution in [-0.2, 0) is 4.79 Å². The molecule has 0 atom stereocenters. The predicted molar refractivity (Wildman–Crippen MR) is 79.1 cm³/mol. The second-order valence-corrected chi connectivity index (χ2v) is 5.33. The van der Waals surface area contributed by atoms with Gasteiger partial charge in [0.05, 0.1) is 12.1 Å². The Morgan fingerprint density at radius 1 is 1.42 bits per heavy atom. The molecular formula is C13H16FIN2O2. The van der Waals surface area contributed by atoms with E-state index in [2.05, 4.69) is 0 Å². The number of unbranched alkanes of at least 4 members (excludes halogenated alkanes) is 1. The van der Waals surface area contributed by atoms with Crippen LogP contribution >= 0.6 is 22.6 Å². The van der Waals surface area contributed by atoms with Crippen molar-refractivity contribution in [1.29, 1.82) is 0 Å². The average molecular weight is 378 g/mol. The second kappa shape index (κ2) is 7.42. The van der Waals surface area contributed by atoms with E-state index in [1.165, 1.54) is 23.1 Å². The topological polar surface area (TPSA) is 63.4 Å². The lowest BCUT2D eigenvalue weighted by molar-refractivity contribution is -0.118. The summed E-state index contributed by atoms with van der Waals surface area (Å²) in [7, 11) is 0. The highest BCUT2D eigenvalue weighted by atomic mass is 127. The molecule has 1 aromatic carbocycles. The molecule has 0 aliphatic rings. The SMILES string of the molecule is CCCCN(CC(N)=O)C(=O)c1ccc(F)cc1I. The first kappa shape index (κ1) is 15.9. The van der Waals surface area contributed by atoms with E-state index in [0.29, 0.717) is 15.7 Å². The van der Waals surface area contributed by atoms with E-state index in [4.69, 9.17) is 5.73 Å². The number of benzene rings is 1. The standard InChI is InChI=1S/C13H16FIN2O2/c1-2-3-6-17(8-12(16)18)13(19)10-5-4-9(14)7-11(10)15/h4-5,7H,2-3,6,8H2,1H3,(H2,16,18). The number of halogens is 2. The maximum atomic E-state index is 13.0. The van der Waals surface area contributed by atoms with Crippen LogP contribution in [0.25, 0.3) is 0 Å².